The Hall–Kier alpha value is -0.650. The fourth-order valence-electron chi connectivity index (χ4n) is 1.38. The van der Waals surface area contributed by atoms with E-state index in [1.54, 1.807) is 7.11 Å². The lowest BCUT2D eigenvalue weighted by molar-refractivity contribution is 0.0952. The minimum Gasteiger partial charge on any atom is -0.384 e. The summed E-state index contributed by atoms with van der Waals surface area (Å²) < 4.78 is 17.8. The van der Waals surface area contributed by atoms with Gasteiger partial charge in [0.25, 0.3) is 5.91 Å². The van der Waals surface area contributed by atoms with Crippen LogP contribution in [-0.4, -0.2) is 31.0 Å². The number of methoxy groups -OCH3 is 1. The van der Waals surface area contributed by atoms with E-state index in [1.165, 1.54) is 12.1 Å². The van der Waals surface area contributed by atoms with Crippen LogP contribution >= 0.6 is 27.5 Å². The summed E-state index contributed by atoms with van der Waals surface area (Å²) in [6.07, 6.45) is 0.735. The first-order valence-corrected chi connectivity index (χ1v) is 6.70. The van der Waals surface area contributed by atoms with Gasteiger partial charge in [-0.05, 0) is 24.6 Å². The molecule has 0 radical (unpaired) electrons. The number of ether oxygens (including phenoxy) is 1. The van der Waals surface area contributed by atoms with E-state index in [4.69, 9.17) is 16.3 Å². The SMILES string of the molecule is COCC(Br)CCNC(=O)c1ccc(F)cc1Cl. The molecule has 1 unspecified atom stereocenters. The van der Waals surface area contributed by atoms with Crippen molar-refractivity contribution in [3.8, 4) is 0 Å². The molecule has 18 heavy (non-hydrogen) atoms. The highest BCUT2D eigenvalue weighted by Crippen LogP contribution is 2.17. The highest BCUT2D eigenvalue weighted by Gasteiger charge is 2.11. The van der Waals surface area contributed by atoms with Gasteiger partial charge in [0, 0.05) is 18.5 Å². The molecule has 1 amide bonds. The van der Waals surface area contributed by atoms with Gasteiger partial charge in [-0.15, -0.1) is 0 Å². The number of hydrogen-bond donors (Lipinski definition) is 1. The molecule has 1 rings (SSSR count). The van der Waals surface area contributed by atoms with Crippen molar-refractivity contribution in [2.45, 2.75) is 11.2 Å². The number of hydrogen-bond acceptors (Lipinski definition) is 2. The van der Waals surface area contributed by atoms with E-state index in [0.29, 0.717) is 13.2 Å². The van der Waals surface area contributed by atoms with Gasteiger partial charge < -0.3 is 10.1 Å². The molecule has 3 nitrogen and oxygen atoms in total. The Balaban J connectivity index is 2.45. The van der Waals surface area contributed by atoms with Crippen LogP contribution < -0.4 is 5.32 Å². The van der Waals surface area contributed by atoms with E-state index in [9.17, 15) is 9.18 Å². The fraction of sp³-hybridized carbons (Fsp3) is 0.417. The third-order valence-electron chi connectivity index (χ3n) is 2.27. The van der Waals surface area contributed by atoms with Crippen LogP contribution in [0.4, 0.5) is 4.39 Å². The van der Waals surface area contributed by atoms with Crippen molar-refractivity contribution in [1.29, 1.82) is 0 Å². The van der Waals surface area contributed by atoms with Gasteiger partial charge in [0.2, 0.25) is 0 Å². The first kappa shape index (κ1) is 15.4. The van der Waals surface area contributed by atoms with Gasteiger partial charge in [-0.3, -0.25) is 4.79 Å². The van der Waals surface area contributed by atoms with Crippen LogP contribution in [0.15, 0.2) is 18.2 Å². The second-order valence-electron chi connectivity index (χ2n) is 3.72. The van der Waals surface area contributed by atoms with Crippen LogP contribution in [0.5, 0.6) is 0 Å². The van der Waals surface area contributed by atoms with Crippen LogP contribution in [-0.2, 0) is 4.74 Å². The molecule has 1 aromatic carbocycles. The zero-order valence-corrected chi connectivity index (χ0v) is 12.2. The summed E-state index contributed by atoms with van der Waals surface area (Å²) in [6, 6.07) is 3.70. The number of rotatable bonds is 6. The van der Waals surface area contributed by atoms with Crippen molar-refractivity contribution in [3.05, 3.63) is 34.6 Å². The van der Waals surface area contributed by atoms with Crippen molar-refractivity contribution in [3.63, 3.8) is 0 Å². The molecule has 100 valence electrons. The van der Waals surface area contributed by atoms with Crippen LogP contribution in [0.1, 0.15) is 16.8 Å². The maximum absolute atomic E-state index is 12.8. The average molecular weight is 339 g/mol. The molecule has 1 aromatic rings. The molecule has 0 bridgehead atoms. The molecule has 0 aliphatic heterocycles. The molecule has 0 aromatic heterocycles. The summed E-state index contributed by atoms with van der Waals surface area (Å²) in [5.74, 6) is -0.769. The Labute approximate surface area is 119 Å². The third-order valence-corrected chi connectivity index (χ3v) is 3.30. The van der Waals surface area contributed by atoms with E-state index < -0.39 is 5.82 Å². The van der Waals surface area contributed by atoms with Crippen LogP contribution in [0.25, 0.3) is 0 Å². The average Bonchev–Trinajstić information content (AvgIpc) is 2.29. The highest BCUT2D eigenvalue weighted by atomic mass is 79.9. The lowest BCUT2D eigenvalue weighted by Crippen LogP contribution is -2.27. The maximum atomic E-state index is 12.8. The highest BCUT2D eigenvalue weighted by molar-refractivity contribution is 9.09. The quantitative estimate of drug-likeness (QED) is 0.810. The van der Waals surface area contributed by atoms with Crippen molar-refractivity contribution < 1.29 is 13.9 Å². The first-order valence-electron chi connectivity index (χ1n) is 5.41. The van der Waals surface area contributed by atoms with Gasteiger partial charge in [0.05, 0.1) is 17.2 Å². The molecule has 6 heteroatoms. The molecule has 0 aliphatic carbocycles. The van der Waals surface area contributed by atoms with Gasteiger partial charge in [-0.2, -0.15) is 0 Å². The lowest BCUT2D eigenvalue weighted by atomic mass is 10.2. The predicted octanol–water partition coefficient (Wildman–Crippen LogP) is 3.01. The summed E-state index contributed by atoms with van der Waals surface area (Å²) >= 11 is 9.20. The number of amides is 1. The Morgan fingerprint density at radius 1 is 1.61 bits per heavy atom. The van der Waals surface area contributed by atoms with Crippen molar-refractivity contribution in [1.82, 2.24) is 5.32 Å². The number of benzene rings is 1. The number of carbonyl (C=O) groups excluding carboxylic acids is 1. The van der Waals surface area contributed by atoms with Gasteiger partial charge in [-0.25, -0.2) is 4.39 Å². The fourth-order valence-corrected chi connectivity index (χ4v) is 2.12. The smallest absolute Gasteiger partial charge is 0.252 e. The third kappa shape index (κ3) is 4.92. The second-order valence-corrected chi connectivity index (χ2v) is 5.42. The molecule has 0 aliphatic rings. The van der Waals surface area contributed by atoms with Crippen LogP contribution in [0, 0.1) is 5.82 Å². The second kappa shape index (κ2) is 7.71. The number of carbonyl (C=O) groups is 1. The van der Waals surface area contributed by atoms with E-state index >= 15 is 0 Å². The summed E-state index contributed by atoms with van der Waals surface area (Å²) in [5.41, 5.74) is 0.274. The molecule has 0 heterocycles. The molecule has 0 spiro atoms. The zero-order chi connectivity index (χ0) is 13.5. The summed E-state index contributed by atoms with van der Waals surface area (Å²) in [6.45, 7) is 1.07. The van der Waals surface area contributed by atoms with Crippen molar-refractivity contribution in [2.24, 2.45) is 0 Å². The van der Waals surface area contributed by atoms with Crippen molar-refractivity contribution in [2.75, 3.05) is 20.3 Å². The van der Waals surface area contributed by atoms with E-state index in [1.807, 2.05) is 0 Å². The molecular weight excluding hydrogens is 324 g/mol. The normalized spacial score (nSPS) is 12.2. The van der Waals surface area contributed by atoms with E-state index in [-0.39, 0.29) is 21.3 Å². The van der Waals surface area contributed by atoms with E-state index in [0.717, 1.165) is 12.5 Å². The Morgan fingerprint density at radius 3 is 2.94 bits per heavy atom. The monoisotopic (exact) mass is 337 g/mol. The van der Waals surface area contributed by atoms with Crippen LogP contribution in [0.2, 0.25) is 5.02 Å². The van der Waals surface area contributed by atoms with Crippen LogP contribution in [0.3, 0.4) is 0 Å². The maximum Gasteiger partial charge on any atom is 0.252 e. The van der Waals surface area contributed by atoms with Gasteiger partial charge >= 0.3 is 0 Å². The molecule has 1 N–H and O–H groups in total. The summed E-state index contributed by atoms with van der Waals surface area (Å²) in [7, 11) is 1.62. The minimum atomic E-state index is -0.461. The summed E-state index contributed by atoms with van der Waals surface area (Å²) in [4.78, 5) is 11.9. The molecule has 1 atom stereocenters. The standard InChI is InChI=1S/C12H14BrClFNO2/c1-18-7-8(13)4-5-16-12(17)10-3-2-9(15)6-11(10)14/h2-3,6,8H,4-5,7H2,1H3,(H,16,17). The Bertz CT molecular complexity index is 417. The van der Waals surface area contributed by atoms with E-state index in [2.05, 4.69) is 21.2 Å². The largest absolute Gasteiger partial charge is 0.384 e. The predicted molar refractivity (Wildman–Crippen MR) is 73.0 cm³/mol. The zero-order valence-electron chi connectivity index (χ0n) is 9.88. The molecule has 0 saturated carbocycles. The minimum absolute atomic E-state index is 0.111. The lowest BCUT2D eigenvalue weighted by Gasteiger charge is -2.10. The first-order chi connectivity index (χ1) is 8.54. The Kier molecular flexibility index (Phi) is 6.60. The number of halogens is 3. The topological polar surface area (TPSA) is 38.3 Å². The molecule has 0 fully saturated rings. The van der Waals surface area contributed by atoms with Gasteiger partial charge in [0.15, 0.2) is 0 Å². The Morgan fingerprint density at radius 2 is 2.33 bits per heavy atom. The van der Waals surface area contributed by atoms with Gasteiger partial charge in [0.1, 0.15) is 5.82 Å². The number of nitrogens with one attached hydrogen (secondary N) is 1. The molecule has 0 saturated heterocycles. The van der Waals surface area contributed by atoms with Crippen molar-refractivity contribution >= 4 is 33.4 Å². The van der Waals surface area contributed by atoms with Gasteiger partial charge in [-0.1, -0.05) is 27.5 Å². The summed E-state index contributed by atoms with van der Waals surface area (Å²) in [5, 5.41) is 2.83. The molecular formula is C12H14BrClFNO2. The number of alkyl halides is 1.